The van der Waals surface area contributed by atoms with Crippen LogP contribution in [0.3, 0.4) is 0 Å². The van der Waals surface area contributed by atoms with E-state index in [9.17, 15) is 12.3 Å². The Bertz CT molecular complexity index is 621. The number of hydrogen-bond acceptors (Lipinski definition) is 5. The number of aryl methyl sites for hydroxylation is 1. The van der Waals surface area contributed by atoms with E-state index in [4.69, 9.17) is 0 Å². The summed E-state index contributed by atoms with van der Waals surface area (Å²) in [5, 5.41) is 3.89. The van der Waals surface area contributed by atoms with Gasteiger partial charge in [-0.2, -0.15) is 13.5 Å². The molecule has 1 aromatic carbocycles. The van der Waals surface area contributed by atoms with Gasteiger partial charge in [-0.25, -0.2) is 9.67 Å². The van der Waals surface area contributed by atoms with E-state index in [0.29, 0.717) is 11.4 Å². The smallest absolute Gasteiger partial charge is 0.358 e. The van der Waals surface area contributed by atoms with Gasteiger partial charge in [-0.05, 0) is 24.3 Å². The highest BCUT2D eigenvalue weighted by molar-refractivity contribution is 7.81. The molecule has 0 radical (unpaired) electrons. The first-order valence-electron chi connectivity index (χ1n) is 4.54. The zero-order valence-electron chi connectivity index (χ0n) is 8.74. The van der Waals surface area contributed by atoms with Crippen molar-refractivity contribution in [2.75, 3.05) is 0 Å². The van der Waals surface area contributed by atoms with Gasteiger partial charge in [0.1, 0.15) is 12.1 Å². The first-order valence-corrected chi connectivity index (χ1v) is 5.85. The van der Waals surface area contributed by atoms with E-state index < -0.39 is 10.5 Å². The van der Waals surface area contributed by atoms with Crippen LogP contribution in [0.25, 0.3) is 11.4 Å². The van der Waals surface area contributed by atoms with Crippen LogP contribution in [0.1, 0.15) is 0 Å². The third kappa shape index (κ3) is 2.78. The lowest BCUT2D eigenvalue weighted by Gasteiger charge is -2.02. The molecule has 1 heterocycles. The molecule has 0 aliphatic heterocycles. The summed E-state index contributed by atoms with van der Waals surface area (Å²) in [6.07, 6.45) is 1.39. The SMILES string of the molecule is Cn1ncnc1-c1ccc(OS(=O)(=O)F)cc1. The highest BCUT2D eigenvalue weighted by Gasteiger charge is 2.10. The van der Waals surface area contributed by atoms with Gasteiger partial charge in [-0.1, -0.05) is 3.89 Å². The molecule has 0 spiro atoms. The van der Waals surface area contributed by atoms with Crippen LogP contribution in [0.5, 0.6) is 5.75 Å². The third-order valence-electron chi connectivity index (χ3n) is 2.02. The molecule has 2 rings (SSSR count). The van der Waals surface area contributed by atoms with Crippen molar-refractivity contribution in [2.45, 2.75) is 0 Å². The van der Waals surface area contributed by atoms with Crippen molar-refractivity contribution in [3.63, 3.8) is 0 Å². The van der Waals surface area contributed by atoms with Gasteiger partial charge in [0.15, 0.2) is 5.82 Å². The molecule has 0 saturated heterocycles. The minimum absolute atomic E-state index is 0.0987. The Morgan fingerprint density at radius 2 is 1.94 bits per heavy atom. The van der Waals surface area contributed by atoms with Crippen LogP contribution in [0, 0.1) is 0 Å². The van der Waals surface area contributed by atoms with Crippen LogP contribution >= 0.6 is 0 Å². The van der Waals surface area contributed by atoms with E-state index >= 15 is 0 Å². The minimum atomic E-state index is -4.99. The van der Waals surface area contributed by atoms with Crippen LogP contribution in [-0.4, -0.2) is 23.2 Å². The average Bonchev–Trinajstić information content (AvgIpc) is 2.63. The van der Waals surface area contributed by atoms with Crippen LogP contribution in [-0.2, 0) is 17.6 Å². The summed E-state index contributed by atoms with van der Waals surface area (Å²) in [6, 6.07) is 5.79. The number of halogens is 1. The maximum atomic E-state index is 12.2. The third-order valence-corrected chi connectivity index (χ3v) is 2.41. The van der Waals surface area contributed by atoms with Crippen LogP contribution in [0.2, 0.25) is 0 Å². The van der Waals surface area contributed by atoms with Crippen LogP contribution in [0.4, 0.5) is 3.89 Å². The Kier molecular flexibility index (Phi) is 2.80. The first kappa shape index (κ1) is 11.5. The van der Waals surface area contributed by atoms with Gasteiger partial charge >= 0.3 is 10.5 Å². The van der Waals surface area contributed by atoms with E-state index in [2.05, 4.69) is 14.3 Å². The Morgan fingerprint density at radius 1 is 1.29 bits per heavy atom. The molecule has 17 heavy (non-hydrogen) atoms. The molecule has 2 aromatic rings. The van der Waals surface area contributed by atoms with Crippen molar-refractivity contribution in [3.05, 3.63) is 30.6 Å². The molecule has 90 valence electrons. The fraction of sp³-hybridized carbons (Fsp3) is 0.111. The number of aromatic nitrogens is 3. The Morgan fingerprint density at radius 3 is 2.41 bits per heavy atom. The van der Waals surface area contributed by atoms with Gasteiger partial charge in [0.05, 0.1) is 0 Å². The van der Waals surface area contributed by atoms with E-state index in [1.807, 2.05) is 0 Å². The topological polar surface area (TPSA) is 74.1 Å². The quantitative estimate of drug-likeness (QED) is 0.769. The predicted molar refractivity (Wildman–Crippen MR) is 57.1 cm³/mol. The van der Waals surface area contributed by atoms with Crippen molar-refractivity contribution in [1.29, 1.82) is 0 Å². The lowest BCUT2D eigenvalue weighted by atomic mass is 10.2. The van der Waals surface area contributed by atoms with E-state index in [1.54, 1.807) is 23.9 Å². The normalized spacial score (nSPS) is 11.4. The lowest BCUT2D eigenvalue weighted by molar-refractivity contribution is 0.440. The monoisotopic (exact) mass is 257 g/mol. The van der Waals surface area contributed by atoms with Crippen molar-refractivity contribution < 1.29 is 16.5 Å². The Balaban J connectivity index is 2.28. The highest BCUT2D eigenvalue weighted by atomic mass is 32.3. The van der Waals surface area contributed by atoms with Crippen molar-refractivity contribution in [3.8, 4) is 17.1 Å². The molecule has 0 saturated carbocycles. The summed E-state index contributed by atoms with van der Waals surface area (Å²) in [5.74, 6) is 0.512. The molecular weight excluding hydrogens is 249 g/mol. The zero-order valence-corrected chi connectivity index (χ0v) is 9.56. The van der Waals surface area contributed by atoms with E-state index in [-0.39, 0.29) is 5.75 Å². The van der Waals surface area contributed by atoms with Crippen molar-refractivity contribution in [2.24, 2.45) is 7.05 Å². The molecule has 6 nitrogen and oxygen atoms in total. The average molecular weight is 257 g/mol. The summed E-state index contributed by atoms with van der Waals surface area (Å²) in [6.45, 7) is 0. The van der Waals surface area contributed by atoms with Gasteiger partial charge in [0.25, 0.3) is 0 Å². The second kappa shape index (κ2) is 4.13. The zero-order chi connectivity index (χ0) is 12.5. The number of benzene rings is 1. The van der Waals surface area contributed by atoms with Crippen molar-refractivity contribution in [1.82, 2.24) is 14.8 Å². The molecule has 0 aliphatic rings. The van der Waals surface area contributed by atoms with E-state index in [0.717, 1.165) is 0 Å². The molecular formula is C9H8FN3O3S. The maximum Gasteiger partial charge on any atom is 0.488 e. The van der Waals surface area contributed by atoms with Crippen LogP contribution < -0.4 is 4.18 Å². The summed E-state index contributed by atoms with van der Waals surface area (Å²) in [7, 11) is -3.26. The van der Waals surface area contributed by atoms with Crippen LogP contribution in [0.15, 0.2) is 30.6 Å². The molecule has 0 N–H and O–H groups in total. The molecule has 1 aromatic heterocycles. The molecule has 0 unspecified atom stereocenters. The fourth-order valence-corrected chi connectivity index (χ4v) is 1.67. The standard InChI is InChI=1S/C9H8FN3O3S/c1-13-9(11-6-12-13)7-2-4-8(5-3-7)16-17(10,14)15/h2-6H,1H3. The van der Waals surface area contributed by atoms with Crippen molar-refractivity contribution >= 4 is 10.5 Å². The molecule has 0 atom stereocenters. The molecule has 0 bridgehead atoms. The van der Waals surface area contributed by atoms with Gasteiger partial charge in [0, 0.05) is 12.6 Å². The summed E-state index contributed by atoms with van der Waals surface area (Å²) < 4.78 is 38.4. The number of rotatable bonds is 3. The second-order valence-corrected chi connectivity index (χ2v) is 4.16. The predicted octanol–water partition coefficient (Wildman–Crippen LogP) is 1.08. The number of hydrogen-bond donors (Lipinski definition) is 0. The molecule has 0 fully saturated rings. The maximum absolute atomic E-state index is 12.2. The minimum Gasteiger partial charge on any atom is -0.358 e. The molecule has 8 heteroatoms. The highest BCUT2D eigenvalue weighted by Crippen LogP contribution is 2.20. The van der Waals surface area contributed by atoms with Gasteiger partial charge in [-0.15, -0.1) is 0 Å². The number of nitrogens with zero attached hydrogens (tertiary/aromatic N) is 3. The van der Waals surface area contributed by atoms with Gasteiger partial charge in [-0.3, -0.25) is 0 Å². The van der Waals surface area contributed by atoms with Gasteiger partial charge in [0.2, 0.25) is 0 Å². The van der Waals surface area contributed by atoms with E-state index in [1.165, 1.54) is 18.5 Å². The summed E-state index contributed by atoms with van der Waals surface area (Å²) in [4.78, 5) is 4.01. The first-order chi connectivity index (χ1) is 7.96. The summed E-state index contributed by atoms with van der Waals surface area (Å²) >= 11 is 0. The molecule has 0 aliphatic carbocycles. The Hall–Kier alpha value is -1.96. The molecule has 0 amide bonds. The Labute approximate surface area is 97.1 Å². The second-order valence-electron chi connectivity index (χ2n) is 3.21. The fourth-order valence-electron chi connectivity index (χ4n) is 1.33. The summed E-state index contributed by atoms with van der Waals surface area (Å²) in [5.41, 5.74) is 0.716. The van der Waals surface area contributed by atoms with Gasteiger partial charge < -0.3 is 4.18 Å². The lowest BCUT2D eigenvalue weighted by Crippen LogP contribution is -2.01. The largest absolute Gasteiger partial charge is 0.488 e.